The third-order valence-electron chi connectivity index (χ3n) is 11.8. The number of alkyl halides is 1. The summed E-state index contributed by atoms with van der Waals surface area (Å²) in [6.45, 7) is 11.4. The Morgan fingerprint density at radius 2 is 1.82 bits per heavy atom. The van der Waals surface area contributed by atoms with Crippen molar-refractivity contribution in [2.24, 2.45) is 28.2 Å². The Kier molecular flexibility index (Phi) is 11.1. The lowest BCUT2D eigenvalue weighted by Gasteiger charge is -2.35. The average molecular weight is 813 g/mol. The van der Waals surface area contributed by atoms with Gasteiger partial charge in [-0.25, -0.2) is 9.59 Å². The number of carboxylic acids is 1. The van der Waals surface area contributed by atoms with Gasteiger partial charge in [-0.3, -0.25) is 19.6 Å². The monoisotopic (exact) mass is 812 g/mol. The molecule has 10 atom stereocenters. The van der Waals surface area contributed by atoms with Gasteiger partial charge in [0.1, 0.15) is 52.1 Å². The molecule has 7 rings (SSSR count). The molecule has 1 aromatic heterocycles. The number of fused-ring (bicyclic) bond motifs is 2. The fraction of sp³-hybridized carbons (Fsp3) is 0.650. The van der Waals surface area contributed by atoms with Crippen LogP contribution < -0.4 is 25.4 Å². The molecule has 2 aromatic rings. The van der Waals surface area contributed by atoms with Crippen molar-refractivity contribution in [1.29, 1.82) is 0 Å². The number of rotatable bonds is 12. The number of hydrogen-bond donors (Lipinski definition) is 4. The molecular weight excluding hydrogens is 760 g/mol. The lowest BCUT2D eigenvalue weighted by Crippen LogP contribution is -2.59. The molecule has 1 aromatic carbocycles. The fourth-order valence-electron chi connectivity index (χ4n) is 8.50. The Balaban J connectivity index is 1.18. The van der Waals surface area contributed by atoms with Crippen LogP contribution in [0.3, 0.4) is 0 Å². The minimum absolute atomic E-state index is 0.00316. The number of nitrogens with zero attached hydrogens (tertiary/aromatic N) is 3. The van der Waals surface area contributed by atoms with Gasteiger partial charge >= 0.3 is 12.1 Å². The molecule has 3 aliphatic carbocycles. The zero-order valence-corrected chi connectivity index (χ0v) is 34.5. The van der Waals surface area contributed by atoms with Crippen molar-refractivity contribution in [1.82, 2.24) is 25.8 Å². The molecule has 0 radical (unpaired) electrons. The van der Waals surface area contributed by atoms with E-state index in [-0.39, 0.29) is 31.0 Å². The number of aliphatic imine (C=N–C) groups is 1. The molecular formula is C40H53ClN6O8S. The van der Waals surface area contributed by atoms with E-state index in [1.165, 1.54) is 23.1 Å². The Morgan fingerprint density at radius 3 is 2.45 bits per heavy atom. The molecule has 4 N–H and O–H groups in total. The summed E-state index contributed by atoms with van der Waals surface area (Å²) in [6, 6.07) is 4.77. The van der Waals surface area contributed by atoms with E-state index in [0.29, 0.717) is 57.9 Å². The summed E-state index contributed by atoms with van der Waals surface area (Å²) < 4.78 is 17.6. The van der Waals surface area contributed by atoms with E-state index in [0.717, 1.165) is 12.8 Å². The number of carbonyl (C=O) groups is 4. The van der Waals surface area contributed by atoms with Gasteiger partial charge in [0.2, 0.25) is 11.8 Å². The van der Waals surface area contributed by atoms with Crippen molar-refractivity contribution in [2.45, 2.75) is 127 Å². The SMILES string of the molecule is CCC1C[C@]1(NC(=O)[C@@H]1C[C@@H](Oc2cc(C3N=C(NC(C)C)SC3Cl)nc3cc(OC)ccc23)CN1C(=O)C(NC(=O)O[C@@H]1C[C@@H]2C[C@@H]2C1)C(C)(C)C)C(=O)O. The first kappa shape index (κ1) is 40.2. The van der Waals surface area contributed by atoms with Gasteiger partial charge in [-0.1, -0.05) is 45.9 Å². The first-order chi connectivity index (χ1) is 26.5. The molecule has 3 heterocycles. The van der Waals surface area contributed by atoms with Crippen molar-refractivity contribution < 1.29 is 38.5 Å². The summed E-state index contributed by atoms with van der Waals surface area (Å²) in [5, 5.41) is 20.5. The number of halogens is 1. The van der Waals surface area contributed by atoms with Crippen molar-refractivity contribution >= 4 is 63.3 Å². The van der Waals surface area contributed by atoms with E-state index in [9.17, 15) is 24.3 Å². The lowest BCUT2D eigenvalue weighted by molar-refractivity contribution is -0.146. The molecule has 304 valence electrons. The summed E-state index contributed by atoms with van der Waals surface area (Å²) >= 11 is 8.24. The van der Waals surface area contributed by atoms with Gasteiger partial charge in [0.05, 0.1) is 24.9 Å². The summed E-state index contributed by atoms with van der Waals surface area (Å²) in [5.74, 6) is -0.127. The topological polar surface area (TPSA) is 181 Å². The minimum atomic E-state index is -1.40. The van der Waals surface area contributed by atoms with E-state index in [1.807, 2.05) is 47.6 Å². The van der Waals surface area contributed by atoms with Gasteiger partial charge in [0.15, 0.2) is 5.17 Å². The molecule has 16 heteroatoms. The number of carbonyl (C=O) groups excluding carboxylic acids is 3. The maximum absolute atomic E-state index is 14.7. The van der Waals surface area contributed by atoms with Crippen molar-refractivity contribution in [2.75, 3.05) is 13.7 Å². The van der Waals surface area contributed by atoms with Gasteiger partial charge in [-0.05, 0) is 74.8 Å². The molecule has 0 bridgehead atoms. The highest BCUT2D eigenvalue weighted by molar-refractivity contribution is 8.15. The molecule has 4 unspecified atom stereocenters. The number of methoxy groups -OCH3 is 1. The molecule has 4 fully saturated rings. The maximum atomic E-state index is 14.7. The van der Waals surface area contributed by atoms with Crippen molar-refractivity contribution in [3.8, 4) is 11.5 Å². The van der Waals surface area contributed by atoms with Crippen molar-refractivity contribution in [3.05, 3.63) is 30.0 Å². The van der Waals surface area contributed by atoms with Crippen LogP contribution in [0.25, 0.3) is 10.9 Å². The molecule has 3 saturated carbocycles. The second kappa shape index (κ2) is 15.4. The number of aromatic nitrogens is 1. The number of amidine groups is 1. The summed E-state index contributed by atoms with van der Waals surface area (Å²) in [7, 11) is 1.57. The largest absolute Gasteiger partial charge is 0.497 e. The van der Waals surface area contributed by atoms with Crippen LogP contribution in [-0.4, -0.2) is 98.3 Å². The Labute approximate surface area is 336 Å². The third-order valence-corrected chi connectivity index (χ3v) is 13.2. The van der Waals surface area contributed by atoms with E-state index >= 15 is 0 Å². The van der Waals surface area contributed by atoms with Crippen LogP contribution in [-0.2, 0) is 19.1 Å². The van der Waals surface area contributed by atoms with E-state index in [1.54, 1.807) is 25.3 Å². The summed E-state index contributed by atoms with van der Waals surface area (Å²) in [6.07, 6.45) is 2.24. The average Bonchev–Trinajstić information content (AvgIpc) is 3.86. The molecule has 5 aliphatic rings. The van der Waals surface area contributed by atoms with E-state index in [2.05, 4.69) is 16.0 Å². The van der Waals surface area contributed by atoms with Crippen LogP contribution in [0.1, 0.15) is 91.8 Å². The number of likely N-dealkylation sites (tertiary alicyclic amines) is 1. The molecule has 3 amide bonds. The lowest BCUT2D eigenvalue weighted by atomic mass is 9.85. The van der Waals surface area contributed by atoms with Crippen LogP contribution in [0, 0.1) is 23.2 Å². The predicted octanol–water partition coefficient (Wildman–Crippen LogP) is 5.61. The maximum Gasteiger partial charge on any atom is 0.408 e. The number of amides is 3. The number of nitrogens with one attached hydrogen (secondary N) is 3. The number of hydrogen-bond acceptors (Lipinski definition) is 11. The molecule has 1 saturated heterocycles. The van der Waals surface area contributed by atoms with Gasteiger partial charge < -0.3 is 40.2 Å². The number of alkyl carbamates (subject to hydrolysis) is 1. The normalized spacial score (nSPS) is 31.0. The third kappa shape index (κ3) is 8.21. The number of pyridine rings is 1. The summed E-state index contributed by atoms with van der Waals surface area (Å²) in [4.78, 5) is 65.7. The van der Waals surface area contributed by atoms with E-state index < -0.39 is 63.8 Å². The van der Waals surface area contributed by atoms with E-state index in [4.69, 9.17) is 35.8 Å². The standard InChI is InChI=1S/C40H53ClN6O8S/c1-8-22-17-40(22,36(50)51)46-34(48)29-15-25(18-47(29)35(49)32(39(4,5)6)45-38(52)55-24-12-20-11-21(20)13-24)54-30-16-28(31-33(41)56-37(44-31)42-19(2)3)43-27-14-23(53-7)9-10-26(27)30/h9-10,14,16,19-22,24-25,29,31-33H,8,11-13,15,17-18H2,1-7H3,(H,42,44)(H,45,52)(H,46,48)(H,50,51)/t20-,21+,22?,24+,25-,29+,31?,32?,33?,40-/m1/s1. The first-order valence-corrected chi connectivity index (χ1v) is 20.9. The molecule has 56 heavy (non-hydrogen) atoms. The van der Waals surface area contributed by atoms with Crippen LogP contribution in [0.5, 0.6) is 11.5 Å². The van der Waals surface area contributed by atoms with Gasteiger partial charge in [-0.15, -0.1) is 11.6 Å². The highest BCUT2D eigenvalue weighted by atomic mass is 35.5. The highest BCUT2D eigenvalue weighted by Crippen LogP contribution is 2.52. The van der Waals surface area contributed by atoms with Crippen LogP contribution >= 0.6 is 23.4 Å². The van der Waals surface area contributed by atoms with Crippen LogP contribution in [0.4, 0.5) is 4.79 Å². The second-order valence-electron chi connectivity index (χ2n) is 17.3. The summed E-state index contributed by atoms with van der Waals surface area (Å²) in [5.41, 5.74) is -1.00. The molecule has 2 aliphatic heterocycles. The quantitative estimate of drug-likeness (QED) is 0.196. The van der Waals surface area contributed by atoms with Gasteiger partial charge in [0, 0.05) is 30.0 Å². The smallest absolute Gasteiger partial charge is 0.408 e. The Bertz CT molecular complexity index is 1910. The fourth-order valence-corrected chi connectivity index (χ4v) is 9.96. The molecule has 14 nitrogen and oxygen atoms in total. The zero-order chi connectivity index (χ0) is 40.3. The minimum Gasteiger partial charge on any atom is -0.497 e. The Hall–Kier alpha value is -3.98. The van der Waals surface area contributed by atoms with Crippen LogP contribution in [0.15, 0.2) is 29.3 Å². The van der Waals surface area contributed by atoms with Crippen LogP contribution in [0.2, 0.25) is 0 Å². The predicted molar refractivity (Wildman–Crippen MR) is 213 cm³/mol. The number of aliphatic carboxylic acids is 1. The van der Waals surface area contributed by atoms with Gasteiger partial charge in [-0.2, -0.15) is 0 Å². The number of thioether (sulfide) groups is 1. The number of benzene rings is 1. The highest BCUT2D eigenvalue weighted by Gasteiger charge is 2.61. The zero-order valence-electron chi connectivity index (χ0n) is 33.0. The first-order valence-electron chi connectivity index (χ1n) is 19.6. The van der Waals surface area contributed by atoms with Gasteiger partial charge in [0.25, 0.3) is 0 Å². The van der Waals surface area contributed by atoms with Crippen molar-refractivity contribution in [3.63, 3.8) is 0 Å². The second-order valence-corrected chi connectivity index (χ2v) is 19.2. The number of ether oxygens (including phenoxy) is 3. The molecule has 0 spiro atoms. The Morgan fingerprint density at radius 1 is 1.09 bits per heavy atom. The number of carboxylic acid groups (broad SMARTS) is 1.